The van der Waals surface area contributed by atoms with E-state index in [4.69, 9.17) is 5.26 Å². The van der Waals surface area contributed by atoms with Gasteiger partial charge in [0.15, 0.2) is 0 Å². The van der Waals surface area contributed by atoms with Gasteiger partial charge in [-0.2, -0.15) is 5.26 Å². The van der Waals surface area contributed by atoms with E-state index >= 15 is 0 Å². The van der Waals surface area contributed by atoms with E-state index < -0.39 is 10.9 Å². The summed E-state index contributed by atoms with van der Waals surface area (Å²) < 4.78 is 4.50. The average molecular weight is 354 g/mol. The van der Waals surface area contributed by atoms with Crippen LogP contribution in [-0.2, 0) is 9.53 Å². The second-order valence-corrected chi connectivity index (χ2v) is 6.18. The second kappa shape index (κ2) is 8.13. The van der Waals surface area contributed by atoms with Crippen molar-refractivity contribution < 1.29 is 14.5 Å². The number of hydrogen-bond acceptors (Lipinski definition) is 6. The van der Waals surface area contributed by atoms with Crippen LogP contribution in [0.25, 0.3) is 6.08 Å². The molecule has 0 atom stereocenters. The molecule has 0 aliphatic carbocycles. The number of aryl methyl sites for hydroxylation is 1. The Kier molecular flexibility index (Phi) is 5.93. The molecule has 0 fully saturated rings. The summed E-state index contributed by atoms with van der Waals surface area (Å²) >= 11 is 1.28. The number of rotatable bonds is 5. The molecule has 0 saturated heterocycles. The van der Waals surface area contributed by atoms with Crippen molar-refractivity contribution in [2.24, 2.45) is 0 Å². The molecule has 2 rings (SSSR count). The van der Waals surface area contributed by atoms with E-state index in [9.17, 15) is 14.9 Å². The van der Waals surface area contributed by atoms with Gasteiger partial charge in [0.25, 0.3) is 5.69 Å². The van der Waals surface area contributed by atoms with Crippen molar-refractivity contribution in [2.75, 3.05) is 7.11 Å². The van der Waals surface area contributed by atoms with Gasteiger partial charge in [0.1, 0.15) is 11.6 Å². The number of nitrogens with zero attached hydrogens (tertiary/aromatic N) is 2. The molecule has 0 saturated carbocycles. The summed E-state index contributed by atoms with van der Waals surface area (Å²) in [7, 11) is 1.16. The fraction of sp³-hybridized carbons (Fsp3) is 0.111. The third kappa shape index (κ3) is 4.68. The van der Waals surface area contributed by atoms with Crippen molar-refractivity contribution >= 4 is 29.5 Å². The first-order chi connectivity index (χ1) is 11.9. The lowest BCUT2D eigenvalue weighted by Gasteiger charge is -2.05. The largest absolute Gasteiger partial charge is 0.465 e. The normalized spacial score (nSPS) is 10.8. The molecule has 0 spiro atoms. The van der Waals surface area contributed by atoms with E-state index in [0.29, 0.717) is 10.5 Å². The molecule has 25 heavy (non-hydrogen) atoms. The van der Waals surface area contributed by atoms with Gasteiger partial charge in [-0.1, -0.05) is 35.5 Å². The number of nitro groups is 1. The molecule has 126 valence electrons. The predicted molar refractivity (Wildman–Crippen MR) is 94.0 cm³/mol. The Morgan fingerprint density at radius 2 is 1.96 bits per heavy atom. The summed E-state index contributed by atoms with van der Waals surface area (Å²) in [5.41, 5.74) is 1.16. The van der Waals surface area contributed by atoms with Crippen molar-refractivity contribution in [3.05, 3.63) is 69.3 Å². The summed E-state index contributed by atoms with van der Waals surface area (Å²) in [5.74, 6) is -0.789. The van der Waals surface area contributed by atoms with Gasteiger partial charge in [-0.25, -0.2) is 4.79 Å². The first-order valence-electron chi connectivity index (χ1n) is 7.17. The van der Waals surface area contributed by atoms with Gasteiger partial charge in [0, 0.05) is 11.0 Å². The molecular weight excluding hydrogens is 340 g/mol. The summed E-state index contributed by atoms with van der Waals surface area (Å²) in [5, 5.41) is 20.4. The van der Waals surface area contributed by atoms with E-state index in [-0.39, 0.29) is 11.3 Å². The fourth-order valence-corrected chi connectivity index (χ4v) is 2.90. The van der Waals surface area contributed by atoms with Gasteiger partial charge < -0.3 is 4.74 Å². The highest BCUT2D eigenvalue weighted by atomic mass is 32.2. The van der Waals surface area contributed by atoms with Crippen LogP contribution in [0.15, 0.2) is 57.8 Å². The molecule has 6 nitrogen and oxygen atoms in total. The van der Waals surface area contributed by atoms with E-state index in [2.05, 4.69) is 4.74 Å². The molecule has 0 amide bonds. The molecule has 0 N–H and O–H groups in total. The highest BCUT2D eigenvalue weighted by molar-refractivity contribution is 7.99. The molecule has 0 aromatic heterocycles. The van der Waals surface area contributed by atoms with Crippen LogP contribution in [0, 0.1) is 28.4 Å². The summed E-state index contributed by atoms with van der Waals surface area (Å²) in [6.07, 6.45) is 1.26. The number of benzene rings is 2. The van der Waals surface area contributed by atoms with Gasteiger partial charge >= 0.3 is 5.97 Å². The Balaban J connectivity index is 2.39. The number of carbonyl (C=O) groups excluding carboxylic acids is 1. The fourth-order valence-electron chi connectivity index (χ4n) is 2.00. The number of methoxy groups -OCH3 is 1. The van der Waals surface area contributed by atoms with Crippen molar-refractivity contribution in [1.29, 1.82) is 5.26 Å². The number of esters is 1. The van der Waals surface area contributed by atoms with Crippen molar-refractivity contribution in [1.82, 2.24) is 0 Å². The molecule has 0 aliphatic heterocycles. The number of ether oxygens (including phenoxy) is 1. The maximum absolute atomic E-state index is 11.5. The van der Waals surface area contributed by atoms with Crippen LogP contribution in [0.3, 0.4) is 0 Å². The molecular formula is C18H14N2O4S. The Bertz CT molecular complexity index is 883. The van der Waals surface area contributed by atoms with Crippen molar-refractivity contribution in [2.45, 2.75) is 16.7 Å². The Morgan fingerprint density at radius 1 is 1.28 bits per heavy atom. The number of nitriles is 1. The van der Waals surface area contributed by atoms with Gasteiger partial charge in [0.2, 0.25) is 0 Å². The highest BCUT2D eigenvalue weighted by Crippen LogP contribution is 2.35. The standard InChI is InChI=1S/C18H14N2O4S/c1-12-3-6-15(7-4-12)25-17-8-5-13(10-16(17)20(22)23)9-14(11-19)18(21)24-2/h3-10H,1-2H3/b14-9+. The number of carbonyl (C=O) groups is 1. The maximum atomic E-state index is 11.5. The third-order valence-electron chi connectivity index (χ3n) is 3.27. The lowest BCUT2D eigenvalue weighted by atomic mass is 10.1. The molecule has 2 aromatic carbocycles. The first-order valence-corrected chi connectivity index (χ1v) is 7.99. The van der Waals surface area contributed by atoms with Crippen LogP contribution in [0.2, 0.25) is 0 Å². The first kappa shape index (κ1) is 18.2. The Morgan fingerprint density at radius 3 is 2.52 bits per heavy atom. The van der Waals surface area contributed by atoms with Crippen molar-refractivity contribution in [3.8, 4) is 6.07 Å². The monoisotopic (exact) mass is 354 g/mol. The minimum absolute atomic E-state index is 0.0959. The lowest BCUT2D eigenvalue weighted by Crippen LogP contribution is -2.02. The maximum Gasteiger partial charge on any atom is 0.348 e. The minimum Gasteiger partial charge on any atom is -0.465 e. The molecule has 0 radical (unpaired) electrons. The van der Waals surface area contributed by atoms with Crippen LogP contribution in [0.1, 0.15) is 11.1 Å². The van der Waals surface area contributed by atoms with E-state index in [1.807, 2.05) is 31.2 Å². The molecule has 0 bridgehead atoms. The minimum atomic E-state index is -0.789. The summed E-state index contributed by atoms with van der Waals surface area (Å²) in [6.45, 7) is 1.96. The zero-order valence-electron chi connectivity index (χ0n) is 13.6. The topological polar surface area (TPSA) is 93.2 Å². The Hall–Kier alpha value is -3.11. The van der Waals surface area contributed by atoms with Gasteiger partial charge in [-0.05, 0) is 36.8 Å². The SMILES string of the molecule is COC(=O)/C(C#N)=C/c1ccc(Sc2ccc(C)cc2)c([N+](=O)[O-])c1. The number of hydrogen-bond donors (Lipinski definition) is 0. The van der Waals surface area contributed by atoms with Crippen LogP contribution in [0.4, 0.5) is 5.69 Å². The lowest BCUT2D eigenvalue weighted by molar-refractivity contribution is -0.387. The molecule has 0 heterocycles. The molecule has 2 aromatic rings. The van der Waals surface area contributed by atoms with Gasteiger partial charge in [-0.3, -0.25) is 10.1 Å². The molecule has 0 unspecified atom stereocenters. The smallest absolute Gasteiger partial charge is 0.348 e. The van der Waals surface area contributed by atoms with Gasteiger partial charge in [0.05, 0.1) is 16.9 Å². The quantitative estimate of drug-likeness (QED) is 0.263. The zero-order valence-corrected chi connectivity index (χ0v) is 14.4. The highest BCUT2D eigenvalue weighted by Gasteiger charge is 2.16. The van der Waals surface area contributed by atoms with Crippen molar-refractivity contribution in [3.63, 3.8) is 0 Å². The van der Waals surface area contributed by atoms with E-state index in [1.54, 1.807) is 18.2 Å². The third-order valence-corrected chi connectivity index (χ3v) is 4.34. The van der Waals surface area contributed by atoms with E-state index in [0.717, 1.165) is 17.6 Å². The summed E-state index contributed by atoms with van der Waals surface area (Å²) in [6, 6.07) is 13.9. The molecule has 7 heteroatoms. The molecule has 0 aliphatic rings. The van der Waals surface area contributed by atoms with E-state index in [1.165, 1.54) is 23.9 Å². The van der Waals surface area contributed by atoms with Crippen LogP contribution >= 0.6 is 11.8 Å². The average Bonchev–Trinajstić information content (AvgIpc) is 2.61. The van der Waals surface area contributed by atoms with Crippen LogP contribution in [-0.4, -0.2) is 18.0 Å². The predicted octanol–water partition coefficient (Wildman–Crippen LogP) is 4.13. The zero-order chi connectivity index (χ0) is 18.4. The van der Waals surface area contributed by atoms with Crippen LogP contribution < -0.4 is 0 Å². The van der Waals surface area contributed by atoms with Crippen LogP contribution in [0.5, 0.6) is 0 Å². The Labute approximate surface area is 148 Å². The number of nitro benzene ring substituents is 1. The second-order valence-electron chi connectivity index (χ2n) is 5.06. The van der Waals surface area contributed by atoms with Gasteiger partial charge in [-0.15, -0.1) is 0 Å². The summed E-state index contributed by atoms with van der Waals surface area (Å²) in [4.78, 5) is 23.7.